The Morgan fingerprint density at radius 3 is 1.33 bits per heavy atom. The Morgan fingerprint density at radius 2 is 0.930 bits per heavy atom. The average molecular weight is 813 g/mol. The van der Waals surface area contributed by atoms with Crippen molar-refractivity contribution in [1.82, 2.24) is 31.9 Å². The molecule has 0 aromatic rings. The van der Waals surface area contributed by atoms with Crippen molar-refractivity contribution in [2.24, 2.45) is 62.1 Å². The van der Waals surface area contributed by atoms with E-state index >= 15 is 0 Å². The fraction of sp³-hybridized carbons (Fsp3) is 0.743. The third-order valence-corrected chi connectivity index (χ3v) is 9.28. The zero-order chi connectivity index (χ0) is 44.0. The maximum absolute atomic E-state index is 13.9. The van der Waals surface area contributed by atoms with Crippen molar-refractivity contribution in [2.75, 3.05) is 19.6 Å². The van der Waals surface area contributed by atoms with E-state index in [1.807, 2.05) is 0 Å². The van der Waals surface area contributed by atoms with E-state index in [-0.39, 0.29) is 56.7 Å². The summed E-state index contributed by atoms with van der Waals surface area (Å²) in [5.74, 6) is -6.93. The minimum Gasteiger partial charge on any atom is -0.391 e. The first-order valence-electron chi connectivity index (χ1n) is 19.2. The van der Waals surface area contributed by atoms with Gasteiger partial charge in [-0.3, -0.25) is 43.5 Å². The molecule has 9 atom stereocenters. The molecule has 0 radical (unpaired) electrons. The number of carbonyl (C=O) groups is 7. The number of aliphatic imine (C=N–C) groups is 2. The number of nitrogens with two attached hydrogens (primary N) is 6. The maximum atomic E-state index is 13.9. The molecule has 0 rings (SSSR count). The zero-order valence-electron chi connectivity index (χ0n) is 34.3. The van der Waals surface area contributed by atoms with Crippen LogP contribution in [0.25, 0.3) is 0 Å². The van der Waals surface area contributed by atoms with Crippen LogP contribution in [0.3, 0.4) is 0 Å². The van der Waals surface area contributed by atoms with E-state index in [2.05, 4.69) is 41.9 Å². The first kappa shape index (κ1) is 51.8. The number of aliphatic hydroxyl groups excluding tert-OH is 1. The molecule has 0 bridgehead atoms. The topological polar surface area (TPSA) is 393 Å². The normalized spacial score (nSPS) is 15.8. The van der Waals surface area contributed by atoms with Crippen LogP contribution in [-0.2, 0) is 33.6 Å². The van der Waals surface area contributed by atoms with Crippen LogP contribution in [0.2, 0.25) is 0 Å². The molecule has 0 aliphatic rings. The van der Waals surface area contributed by atoms with Crippen molar-refractivity contribution >= 4 is 53.3 Å². The largest absolute Gasteiger partial charge is 0.391 e. The molecule has 0 unspecified atom stereocenters. The van der Waals surface area contributed by atoms with Gasteiger partial charge in [-0.05, 0) is 50.4 Å². The van der Waals surface area contributed by atoms with Crippen molar-refractivity contribution in [3.05, 3.63) is 0 Å². The second-order valence-corrected chi connectivity index (χ2v) is 14.4. The summed E-state index contributed by atoms with van der Waals surface area (Å²) in [5, 5.41) is 26.2. The Kier molecular flexibility index (Phi) is 24.1. The van der Waals surface area contributed by atoms with Crippen molar-refractivity contribution < 1.29 is 38.7 Å². The van der Waals surface area contributed by atoms with Gasteiger partial charge in [0.1, 0.15) is 36.3 Å². The molecule has 0 aromatic carbocycles. The molecule has 0 aliphatic heterocycles. The van der Waals surface area contributed by atoms with Crippen LogP contribution in [0.15, 0.2) is 9.98 Å². The molecule has 0 heterocycles. The number of hydrogen-bond donors (Lipinski definition) is 13. The molecule has 57 heavy (non-hydrogen) atoms. The molecule has 0 aliphatic carbocycles. The fourth-order valence-corrected chi connectivity index (χ4v) is 5.40. The Labute approximate surface area is 334 Å². The van der Waals surface area contributed by atoms with Crippen LogP contribution in [0, 0.1) is 17.8 Å². The van der Waals surface area contributed by atoms with E-state index in [0.29, 0.717) is 19.3 Å². The number of primary amides is 1. The summed E-state index contributed by atoms with van der Waals surface area (Å²) in [7, 11) is 0. The summed E-state index contributed by atoms with van der Waals surface area (Å²) in [6.45, 7) is 11.5. The second kappa shape index (κ2) is 26.6. The minimum absolute atomic E-state index is 0.0466. The fourth-order valence-electron chi connectivity index (χ4n) is 5.40. The summed E-state index contributed by atoms with van der Waals surface area (Å²) >= 11 is 0. The highest BCUT2D eigenvalue weighted by Gasteiger charge is 2.37. The van der Waals surface area contributed by atoms with E-state index in [1.54, 1.807) is 41.5 Å². The highest BCUT2D eigenvalue weighted by molar-refractivity contribution is 5.97. The predicted octanol–water partition coefficient (Wildman–Crippen LogP) is -4.42. The lowest BCUT2D eigenvalue weighted by Gasteiger charge is -2.31. The number of carbonyl (C=O) groups excluding carboxylic acids is 7. The van der Waals surface area contributed by atoms with E-state index in [0.717, 1.165) is 0 Å². The van der Waals surface area contributed by atoms with Crippen molar-refractivity contribution in [3.63, 3.8) is 0 Å². The van der Waals surface area contributed by atoms with Gasteiger partial charge in [0.2, 0.25) is 41.4 Å². The molecule has 0 saturated heterocycles. The Morgan fingerprint density at radius 1 is 0.544 bits per heavy atom. The molecule has 0 saturated carbocycles. The van der Waals surface area contributed by atoms with Crippen molar-refractivity contribution in [1.29, 1.82) is 0 Å². The van der Waals surface area contributed by atoms with E-state index in [1.165, 1.54) is 6.92 Å². The number of hydrogen-bond acceptors (Lipinski definition) is 11. The number of amides is 7. The summed E-state index contributed by atoms with van der Waals surface area (Å²) < 4.78 is 0. The molecule has 0 aromatic heterocycles. The van der Waals surface area contributed by atoms with Gasteiger partial charge in [0, 0.05) is 13.1 Å². The Balaban J connectivity index is 6.40. The SMILES string of the molecule is CC[C@H](C)[C@H](NC(=O)[C@H](CCCN=C(N)N)NC(=O)[C@@H](NC(=O)[C@@H](NC(=O)[C@@H](NC(=O)CN)C(C)C)[C@@H](C)CC)[C@@H](C)O)C(=O)N[C@@H](CCCN=C(N)N)C(N)=O. The van der Waals surface area contributed by atoms with Gasteiger partial charge in [-0.1, -0.05) is 54.4 Å². The number of nitrogens with one attached hydrogen (secondary N) is 6. The van der Waals surface area contributed by atoms with Gasteiger partial charge < -0.3 is 71.4 Å². The van der Waals surface area contributed by atoms with Gasteiger partial charge in [0.15, 0.2) is 11.9 Å². The van der Waals surface area contributed by atoms with E-state index < -0.39 is 95.5 Å². The van der Waals surface area contributed by atoms with Gasteiger partial charge in [-0.2, -0.15) is 0 Å². The average Bonchev–Trinajstić information content (AvgIpc) is 3.14. The Hall–Kier alpha value is -5.25. The van der Waals surface area contributed by atoms with Crippen LogP contribution in [0.4, 0.5) is 0 Å². The smallest absolute Gasteiger partial charge is 0.245 e. The molecule has 0 fully saturated rings. The molecule has 22 heteroatoms. The number of nitrogens with zero attached hydrogens (tertiary/aromatic N) is 2. The third-order valence-electron chi connectivity index (χ3n) is 9.28. The highest BCUT2D eigenvalue weighted by atomic mass is 16.3. The molecular formula is C35H68N14O8. The van der Waals surface area contributed by atoms with Crippen LogP contribution >= 0.6 is 0 Å². The lowest BCUT2D eigenvalue weighted by atomic mass is 9.95. The first-order valence-corrected chi connectivity index (χ1v) is 19.2. The summed E-state index contributed by atoms with van der Waals surface area (Å²) in [5.41, 5.74) is 32.5. The zero-order valence-corrected chi connectivity index (χ0v) is 34.3. The molecule has 22 nitrogen and oxygen atoms in total. The molecule has 7 amide bonds. The predicted molar refractivity (Wildman–Crippen MR) is 215 cm³/mol. The number of guanidine groups is 2. The van der Waals surface area contributed by atoms with E-state index in [4.69, 9.17) is 34.4 Å². The van der Waals surface area contributed by atoms with Crippen LogP contribution in [0.5, 0.6) is 0 Å². The lowest BCUT2D eigenvalue weighted by molar-refractivity contribution is -0.138. The summed E-state index contributed by atoms with van der Waals surface area (Å²) in [4.78, 5) is 100. The van der Waals surface area contributed by atoms with Crippen LogP contribution < -0.4 is 66.3 Å². The van der Waals surface area contributed by atoms with Crippen LogP contribution in [-0.4, -0.2) is 120 Å². The van der Waals surface area contributed by atoms with Crippen LogP contribution in [0.1, 0.15) is 87.0 Å². The van der Waals surface area contributed by atoms with Gasteiger partial charge >= 0.3 is 0 Å². The molecule has 326 valence electrons. The van der Waals surface area contributed by atoms with Gasteiger partial charge in [0.05, 0.1) is 12.6 Å². The third kappa shape index (κ3) is 19.4. The quantitative estimate of drug-likeness (QED) is 0.0212. The summed E-state index contributed by atoms with van der Waals surface area (Å²) in [6.07, 6.45) is -0.0842. The number of rotatable bonds is 27. The van der Waals surface area contributed by atoms with Gasteiger partial charge in [0.25, 0.3) is 0 Å². The standard InChI is InChI=1S/C35H68N14O8/c1-8-18(5)25(31(55)44-21(28(37)52)12-10-14-42-34(38)39)47-29(53)22(13-11-15-43-35(40)41)45-33(57)27(20(7)50)49-32(56)26(19(6)9-2)48-30(54)24(17(3)4)46-23(51)16-36/h17-22,24-27,50H,8-16,36H2,1-7H3,(H2,37,52)(H,44,55)(H,45,57)(H,46,51)(H,47,53)(H,48,54)(H,49,56)(H4,38,39,42)(H4,40,41,43)/t18-,19-,20+,21-,22-,24-,25-,26-,27-/m0/s1. The molecule has 19 N–H and O–H groups in total. The highest BCUT2D eigenvalue weighted by Crippen LogP contribution is 2.13. The van der Waals surface area contributed by atoms with Crippen molar-refractivity contribution in [3.8, 4) is 0 Å². The van der Waals surface area contributed by atoms with Gasteiger partial charge in [-0.25, -0.2) is 0 Å². The molecule has 0 spiro atoms. The monoisotopic (exact) mass is 813 g/mol. The minimum atomic E-state index is -1.62. The Bertz CT molecular complexity index is 1400. The lowest BCUT2D eigenvalue weighted by Crippen LogP contribution is -2.63. The molecular weight excluding hydrogens is 744 g/mol. The maximum Gasteiger partial charge on any atom is 0.245 e. The first-order chi connectivity index (χ1) is 26.6. The second-order valence-electron chi connectivity index (χ2n) is 14.4. The van der Waals surface area contributed by atoms with Crippen molar-refractivity contribution in [2.45, 2.75) is 129 Å². The van der Waals surface area contributed by atoms with E-state index in [9.17, 15) is 38.7 Å². The van der Waals surface area contributed by atoms with Gasteiger partial charge in [-0.15, -0.1) is 0 Å². The number of aliphatic hydroxyl groups is 1. The summed E-state index contributed by atoms with van der Waals surface area (Å²) in [6, 6.07) is -7.46.